The molecule has 6 nitrogen and oxygen atoms in total. The number of halogens is 1. The Bertz CT molecular complexity index is 2160. The smallest absolute Gasteiger partial charge is 0.260 e. The zero-order valence-corrected chi connectivity index (χ0v) is 27.3. The van der Waals surface area contributed by atoms with Crippen molar-refractivity contribution in [2.75, 3.05) is 0 Å². The first-order valence-corrected chi connectivity index (χ1v) is 15.2. The van der Waals surface area contributed by atoms with Crippen LogP contribution in [0.3, 0.4) is 0 Å². The summed E-state index contributed by atoms with van der Waals surface area (Å²) in [7, 11) is 3.39. The average molecular weight is 658 g/mol. The molecule has 0 aliphatic carbocycles. The fourth-order valence-corrected chi connectivity index (χ4v) is 4.63. The number of hydrogen-bond donors (Lipinski definition) is 0. The molecule has 45 heavy (non-hydrogen) atoms. The van der Waals surface area contributed by atoms with Crippen LogP contribution < -0.4 is 11.1 Å². The highest BCUT2D eigenvalue weighted by molar-refractivity contribution is 9.10. The molecule has 0 radical (unpaired) electrons. The minimum absolute atomic E-state index is 0.0162. The second kappa shape index (κ2) is 15.5. The van der Waals surface area contributed by atoms with Gasteiger partial charge in [-0.2, -0.15) is 0 Å². The van der Waals surface area contributed by atoms with Crippen LogP contribution in [0.2, 0.25) is 0 Å². The van der Waals surface area contributed by atoms with Crippen molar-refractivity contribution in [3.63, 3.8) is 0 Å². The van der Waals surface area contributed by atoms with E-state index in [0.29, 0.717) is 16.3 Å². The van der Waals surface area contributed by atoms with Gasteiger partial charge in [0.25, 0.3) is 11.1 Å². The maximum Gasteiger partial charge on any atom is 0.260 e. The molecule has 7 heteroatoms. The van der Waals surface area contributed by atoms with Crippen molar-refractivity contribution in [2.24, 2.45) is 14.1 Å². The molecule has 6 rings (SSSR count). The third-order valence-electron chi connectivity index (χ3n) is 7.04. The molecular weight excluding hydrogens is 624 g/mol. The Hall–Kier alpha value is -5.24. The zero-order valence-electron chi connectivity index (χ0n) is 25.7. The summed E-state index contributed by atoms with van der Waals surface area (Å²) in [6.45, 7) is 4.26. The van der Waals surface area contributed by atoms with Gasteiger partial charge < -0.3 is 9.13 Å². The van der Waals surface area contributed by atoms with Gasteiger partial charge in [-0.15, -0.1) is 6.42 Å². The highest BCUT2D eigenvalue weighted by atomic mass is 79.9. The highest BCUT2D eigenvalue weighted by Gasteiger charge is 2.02. The van der Waals surface area contributed by atoms with Gasteiger partial charge in [0.15, 0.2) is 0 Å². The molecule has 4 aromatic carbocycles. The first kappa shape index (κ1) is 32.7. The summed E-state index contributed by atoms with van der Waals surface area (Å²) in [5.74, 6) is 8.85. The van der Waals surface area contributed by atoms with Crippen LogP contribution in [0.1, 0.15) is 41.7 Å². The topological polar surface area (TPSA) is 69.8 Å². The van der Waals surface area contributed by atoms with Gasteiger partial charge in [-0.25, -0.2) is 9.97 Å². The fraction of sp³-hybridized carbons (Fsp3) is 0.158. The molecule has 0 saturated carbocycles. The van der Waals surface area contributed by atoms with E-state index in [-0.39, 0.29) is 11.1 Å². The molecule has 0 unspecified atom stereocenters. The van der Waals surface area contributed by atoms with Gasteiger partial charge in [0, 0.05) is 35.3 Å². The van der Waals surface area contributed by atoms with Crippen LogP contribution in [0.25, 0.3) is 21.8 Å². The van der Waals surface area contributed by atoms with Crippen LogP contribution in [0.5, 0.6) is 0 Å². The molecule has 0 aliphatic rings. The van der Waals surface area contributed by atoms with Gasteiger partial charge in [-0.3, -0.25) is 9.59 Å². The Balaban J connectivity index is 0.000000170. The molecule has 0 saturated heterocycles. The normalized spacial score (nSPS) is 10.0. The lowest BCUT2D eigenvalue weighted by Crippen LogP contribution is -2.16. The molecular formula is C38H33BrN4O2. The lowest BCUT2D eigenvalue weighted by Gasteiger charge is -2.00. The second-order valence-electron chi connectivity index (χ2n) is 10.2. The summed E-state index contributed by atoms with van der Waals surface area (Å²) in [5, 5.41) is 1.26. The Labute approximate surface area is 271 Å². The number of terminal acetylenes is 1. The minimum Gasteiger partial charge on any atom is -0.302 e. The number of hydrogen-bond acceptors (Lipinski definition) is 4. The van der Waals surface area contributed by atoms with Crippen molar-refractivity contribution in [3.05, 3.63) is 151 Å². The maximum absolute atomic E-state index is 12.0. The number of benzene rings is 4. The number of rotatable bonds is 2. The Morgan fingerprint density at radius 1 is 0.644 bits per heavy atom. The molecule has 224 valence electrons. The molecule has 0 aliphatic heterocycles. The Morgan fingerprint density at radius 2 is 1.09 bits per heavy atom. The summed E-state index contributed by atoms with van der Waals surface area (Å²) in [6, 6.07) is 27.3. The van der Waals surface area contributed by atoms with Crippen molar-refractivity contribution in [3.8, 4) is 24.2 Å². The third-order valence-corrected chi connectivity index (χ3v) is 7.53. The summed E-state index contributed by atoms with van der Waals surface area (Å²) in [4.78, 5) is 31.9. The Kier molecular flexibility index (Phi) is 11.2. The number of nitrogens with zero attached hydrogens (tertiary/aromatic N) is 4. The van der Waals surface area contributed by atoms with Crippen molar-refractivity contribution < 1.29 is 0 Å². The van der Waals surface area contributed by atoms with E-state index in [1.54, 1.807) is 26.2 Å². The molecule has 0 fully saturated rings. The Morgan fingerprint density at radius 3 is 1.60 bits per heavy atom. The van der Waals surface area contributed by atoms with Gasteiger partial charge in [-0.05, 0) is 84.6 Å². The van der Waals surface area contributed by atoms with Crippen LogP contribution in [-0.2, 0) is 26.9 Å². The molecule has 0 atom stereocenters. The van der Waals surface area contributed by atoms with Crippen molar-refractivity contribution in [2.45, 2.75) is 26.7 Å². The molecule has 2 aromatic heterocycles. The number of aromatic nitrogens is 4. The molecule has 6 aromatic rings. The predicted octanol–water partition coefficient (Wildman–Crippen LogP) is 6.82. The molecule has 0 N–H and O–H groups in total. The number of fused-ring (bicyclic) bond motifs is 2. The van der Waals surface area contributed by atoms with Gasteiger partial charge in [0.05, 0.1) is 34.5 Å². The van der Waals surface area contributed by atoms with Gasteiger partial charge in [0.1, 0.15) is 0 Å². The second-order valence-corrected chi connectivity index (χ2v) is 11.1. The van der Waals surface area contributed by atoms with Crippen LogP contribution in [-0.4, -0.2) is 19.1 Å². The largest absolute Gasteiger partial charge is 0.302 e. The standard InChI is InChI=1S/C19H16N2O.C10H10.C9H7BrN2O/c1-3-14-4-6-15(7-5-14)8-9-16-10-11-17-18(12-16)20-13-21(2)19(17)22;1-3-9-5-7-10(4-2)8-6-9;1-12-5-11-8-4-6(10)2-3-7(8)9(12)13/h4-7,10-13H,3H2,1-2H3;1,5-8H,4H2,2H3;2-5H,1H3. The van der Waals surface area contributed by atoms with E-state index in [1.165, 1.54) is 32.9 Å². The summed E-state index contributed by atoms with van der Waals surface area (Å²) in [5.41, 5.74) is 6.76. The van der Waals surface area contributed by atoms with E-state index in [9.17, 15) is 9.59 Å². The number of aryl methyl sites for hydroxylation is 4. The SMILES string of the molecule is C#Cc1ccc(CC)cc1.CCc1ccc(C#Cc2ccc3c(=O)n(C)cnc3c2)cc1.Cn1cnc2cc(Br)ccc2c1=O. The summed E-state index contributed by atoms with van der Waals surface area (Å²) < 4.78 is 3.87. The third kappa shape index (κ3) is 8.66. The van der Waals surface area contributed by atoms with Crippen LogP contribution in [0.4, 0.5) is 0 Å². The molecule has 2 heterocycles. The lowest BCUT2D eigenvalue weighted by molar-refractivity contribution is 0.843. The van der Waals surface area contributed by atoms with Gasteiger partial charge >= 0.3 is 0 Å². The van der Waals surface area contributed by atoms with E-state index in [0.717, 1.165) is 39.5 Å². The van der Waals surface area contributed by atoms with Crippen LogP contribution >= 0.6 is 15.9 Å². The summed E-state index contributed by atoms with van der Waals surface area (Å²) in [6.07, 6.45) is 10.4. The monoisotopic (exact) mass is 656 g/mol. The molecule has 0 spiro atoms. The van der Waals surface area contributed by atoms with E-state index >= 15 is 0 Å². The molecule has 0 bridgehead atoms. The maximum atomic E-state index is 12.0. The summed E-state index contributed by atoms with van der Waals surface area (Å²) >= 11 is 3.33. The lowest BCUT2D eigenvalue weighted by atomic mass is 10.1. The minimum atomic E-state index is -0.0420. The fourth-order valence-electron chi connectivity index (χ4n) is 4.28. The van der Waals surface area contributed by atoms with E-state index in [4.69, 9.17) is 6.42 Å². The van der Waals surface area contributed by atoms with E-state index in [1.807, 2.05) is 48.5 Å². The van der Waals surface area contributed by atoms with Crippen LogP contribution in [0.15, 0.2) is 112 Å². The van der Waals surface area contributed by atoms with E-state index in [2.05, 4.69) is 81.8 Å². The van der Waals surface area contributed by atoms with Crippen molar-refractivity contribution >= 4 is 37.7 Å². The van der Waals surface area contributed by atoms with Crippen molar-refractivity contribution in [1.29, 1.82) is 0 Å². The first-order valence-electron chi connectivity index (χ1n) is 14.4. The van der Waals surface area contributed by atoms with Gasteiger partial charge in [0.2, 0.25) is 0 Å². The highest BCUT2D eigenvalue weighted by Crippen LogP contribution is 2.14. The first-order chi connectivity index (χ1) is 21.7. The predicted molar refractivity (Wildman–Crippen MR) is 187 cm³/mol. The molecule has 0 amide bonds. The average Bonchev–Trinajstić information content (AvgIpc) is 3.08. The van der Waals surface area contributed by atoms with Crippen molar-refractivity contribution in [1.82, 2.24) is 19.1 Å². The zero-order chi connectivity index (χ0) is 32.3. The quantitative estimate of drug-likeness (QED) is 0.192. The van der Waals surface area contributed by atoms with E-state index < -0.39 is 0 Å². The van der Waals surface area contributed by atoms with Gasteiger partial charge in [-0.1, -0.05) is 71.8 Å². The van der Waals surface area contributed by atoms with Crippen LogP contribution in [0, 0.1) is 24.2 Å².